The molecule has 0 amide bonds. The molecule has 24 heavy (non-hydrogen) atoms. The van der Waals surface area contributed by atoms with Crippen molar-refractivity contribution in [1.82, 2.24) is 0 Å². The Morgan fingerprint density at radius 3 is 2.38 bits per heavy atom. The van der Waals surface area contributed by atoms with Crippen LogP contribution in [0.2, 0.25) is 13.1 Å². The van der Waals surface area contributed by atoms with Crippen molar-refractivity contribution in [2.75, 3.05) is 0 Å². The molecule has 1 aliphatic carbocycles. The molecule has 2 heteroatoms. The van der Waals surface area contributed by atoms with Crippen LogP contribution in [-0.4, -0.2) is 13.2 Å². The fourth-order valence-electron chi connectivity index (χ4n) is 3.89. The Morgan fingerprint density at radius 2 is 1.71 bits per heavy atom. The van der Waals surface area contributed by atoms with Crippen molar-refractivity contribution in [3.05, 3.63) is 64.7 Å². The lowest BCUT2D eigenvalue weighted by Gasteiger charge is -2.33. The zero-order valence-corrected chi connectivity index (χ0v) is 16.6. The molecule has 0 saturated heterocycles. The fourth-order valence-corrected chi connectivity index (χ4v) is 7.19. The molecule has 1 nitrogen and oxygen atoms in total. The predicted molar refractivity (Wildman–Crippen MR) is 107 cm³/mol. The molecule has 0 aliphatic heterocycles. The molecular formula is C22H28OSi. The molecule has 0 fully saturated rings. The molecule has 0 saturated carbocycles. The number of aromatic hydroxyl groups is 1. The maximum absolute atomic E-state index is 11.1. The molecular weight excluding hydrogens is 308 g/mol. The Kier molecular flexibility index (Phi) is 3.99. The Balaban J connectivity index is 2.15. The van der Waals surface area contributed by atoms with Crippen LogP contribution in [-0.2, 0) is 5.41 Å². The lowest BCUT2D eigenvalue weighted by molar-refractivity contribution is 0.450. The van der Waals surface area contributed by atoms with E-state index in [1.165, 1.54) is 21.9 Å². The van der Waals surface area contributed by atoms with Crippen molar-refractivity contribution in [1.29, 1.82) is 0 Å². The molecule has 2 aromatic carbocycles. The van der Waals surface area contributed by atoms with Crippen LogP contribution in [0.5, 0.6) is 5.75 Å². The van der Waals surface area contributed by atoms with Crippen molar-refractivity contribution >= 4 is 19.3 Å². The summed E-state index contributed by atoms with van der Waals surface area (Å²) >= 11 is 0. The van der Waals surface area contributed by atoms with E-state index in [2.05, 4.69) is 89.3 Å². The van der Waals surface area contributed by atoms with Gasteiger partial charge in [0.2, 0.25) is 0 Å². The van der Waals surface area contributed by atoms with Crippen LogP contribution in [0.15, 0.2) is 42.5 Å². The monoisotopic (exact) mass is 336 g/mol. The minimum Gasteiger partial charge on any atom is -0.508 e. The summed E-state index contributed by atoms with van der Waals surface area (Å²) in [4.78, 5) is 0. The number of hydrogen-bond donors (Lipinski definition) is 1. The maximum atomic E-state index is 11.1. The lowest BCUT2D eigenvalue weighted by atomic mass is 9.85. The van der Waals surface area contributed by atoms with Crippen molar-refractivity contribution in [3.63, 3.8) is 0 Å². The van der Waals surface area contributed by atoms with E-state index in [0.29, 0.717) is 11.3 Å². The van der Waals surface area contributed by atoms with Crippen LogP contribution in [0.25, 0.3) is 6.08 Å². The van der Waals surface area contributed by atoms with Gasteiger partial charge in [0.25, 0.3) is 0 Å². The van der Waals surface area contributed by atoms with Crippen molar-refractivity contribution in [2.24, 2.45) is 0 Å². The summed E-state index contributed by atoms with van der Waals surface area (Å²) in [5, 5.41) is 12.3. The Hall–Kier alpha value is -1.80. The Labute approximate surface area is 147 Å². The van der Waals surface area contributed by atoms with E-state index in [9.17, 15) is 5.11 Å². The first kappa shape index (κ1) is 17.0. The summed E-state index contributed by atoms with van der Waals surface area (Å²) in [6, 6.07) is 13.0. The summed E-state index contributed by atoms with van der Waals surface area (Å²) in [6.45, 7) is 13.4. The fraction of sp³-hybridized carbons (Fsp3) is 0.364. The third-order valence-corrected chi connectivity index (χ3v) is 9.16. The quantitative estimate of drug-likeness (QED) is 0.741. The molecule has 0 radical (unpaired) electrons. The van der Waals surface area contributed by atoms with Gasteiger partial charge in [-0.3, -0.25) is 0 Å². The molecule has 126 valence electrons. The number of fused-ring (bicyclic) bond motifs is 1. The van der Waals surface area contributed by atoms with E-state index in [4.69, 9.17) is 0 Å². The summed E-state index contributed by atoms with van der Waals surface area (Å²) < 4.78 is 0. The maximum Gasteiger partial charge on any atom is 0.118 e. The summed E-state index contributed by atoms with van der Waals surface area (Å²) in [5.41, 5.74) is 5.39. The smallest absolute Gasteiger partial charge is 0.118 e. The third-order valence-electron chi connectivity index (χ3n) is 5.33. The Bertz CT molecular complexity index is 809. The number of rotatable bonds is 2. The third kappa shape index (κ3) is 2.73. The topological polar surface area (TPSA) is 20.2 Å². The van der Waals surface area contributed by atoms with Crippen LogP contribution in [0.3, 0.4) is 0 Å². The standard InChI is InChI=1S/C22H28OSi/c1-15-13-18(22(2,3)4)21(23)20(14-15)24(5,6)19-12-11-16-9-7-8-10-17(16)19/h7-14,19,23H,1-6H3. The summed E-state index contributed by atoms with van der Waals surface area (Å²) in [7, 11) is -1.92. The van der Waals surface area contributed by atoms with Gasteiger partial charge in [-0.25, -0.2) is 0 Å². The van der Waals surface area contributed by atoms with E-state index in [1.54, 1.807) is 0 Å². The molecule has 1 unspecified atom stereocenters. The molecule has 0 heterocycles. The summed E-state index contributed by atoms with van der Waals surface area (Å²) in [6.07, 6.45) is 4.59. The van der Waals surface area contributed by atoms with Crippen LogP contribution in [0, 0.1) is 6.92 Å². The second kappa shape index (κ2) is 5.63. The van der Waals surface area contributed by atoms with Crippen LogP contribution in [0.1, 0.15) is 48.6 Å². The van der Waals surface area contributed by atoms with Gasteiger partial charge in [0.1, 0.15) is 5.75 Å². The average molecular weight is 337 g/mol. The molecule has 0 bridgehead atoms. The average Bonchev–Trinajstić information content (AvgIpc) is 2.92. The van der Waals surface area contributed by atoms with Crippen molar-refractivity contribution < 1.29 is 5.11 Å². The first-order valence-corrected chi connectivity index (χ1v) is 11.8. The van der Waals surface area contributed by atoms with Gasteiger partial charge in [-0.15, -0.1) is 0 Å². The first-order chi connectivity index (χ1) is 11.1. The normalized spacial score (nSPS) is 17.2. The second-order valence-electron chi connectivity index (χ2n) is 8.65. The predicted octanol–water partition coefficient (Wildman–Crippen LogP) is 5.26. The van der Waals surface area contributed by atoms with E-state index >= 15 is 0 Å². The zero-order chi connectivity index (χ0) is 17.7. The highest BCUT2D eigenvalue weighted by atomic mass is 28.3. The number of benzene rings is 2. The first-order valence-electron chi connectivity index (χ1n) is 8.74. The molecule has 1 aliphatic rings. The highest BCUT2D eigenvalue weighted by molar-refractivity contribution is 6.92. The van der Waals surface area contributed by atoms with E-state index < -0.39 is 8.07 Å². The number of aryl methyl sites for hydroxylation is 1. The largest absolute Gasteiger partial charge is 0.508 e. The number of allylic oxidation sites excluding steroid dienone is 1. The molecule has 1 N–H and O–H groups in total. The van der Waals surface area contributed by atoms with Crippen LogP contribution >= 0.6 is 0 Å². The van der Waals surface area contributed by atoms with E-state index in [1.807, 2.05) is 0 Å². The molecule has 1 atom stereocenters. The van der Waals surface area contributed by atoms with Crippen LogP contribution < -0.4 is 5.19 Å². The number of phenols is 1. The van der Waals surface area contributed by atoms with Crippen molar-refractivity contribution in [2.45, 2.75) is 51.7 Å². The van der Waals surface area contributed by atoms with Gasteiger partial charge in [0, 0.05) is 5.54 Å². The van der Waals surface area contributed by atoms with Gasteiger partial charge in [0.05, 0.1) is 8.07 Å². The number of hydrogen-bond acceptors (Lipinski definition) is 1. The van der Waals surface area contributed by atoms with Crippen molar-refractivity contribution in [3.8, 4) is 5.75 Å². The van der Waals surface area contributed by atoms with Gasteiger partial charge in [0.15, 0.2) is 0 Å². The van der Waals surface area contributed by atoms with Gasteiger partial charge < -0.3 is 5.11 Å². The van der Waals surface area contributed by atoms with Gasteiger partial charge in [-0.2, -0.15) is 0 Å². The molecule has 3 rings (SSSR count). The van der Waals surface area contributed by atoms with E-state index in [0.717, 1.165) is 5.56 Å². The second-order valence-corrected chi connectivity index (χ2v) is 13.3. The highest BCUT2D eigenvalue weighted by Crippen LogP contribution is 2.39. The zero-order valence-electron chi connectivity index (χ0n) is 15.6. The van der Waals surface area contributed by atoms with Gasteiger partial charge in [-0.05, 0) is 34.2 Å². The number of phenolic OH excluding ortho intramolecular Hbond substituents is 1. The molecule has 0 spiro atoms. The summed E-state index contributed by atoms with van der Waals surface area (Å²) in [5.74, 6) is 0.516. The molecule has 2 aromatic rings. The van der Waals surface area contributed by atoms with Gasteiger partial charge in [-0.1, -0.05) is 88.0 Å². The highest BCUT2D eigenvalue weighted by Gasteiger charge is 2.39. The Morgan fingerprint density at radius 1 is 1.04 bits per heavy atom. The van der Waals surface area contributed by atoms with Crippen LogP contribution in [0.4, 0.5) is 0 Å². The lowest BCUT2D eigenvalue weighted by Crippen LogP contribution is -2.47. The minimum atomic E-state index is -1.92. The SMILES string of the molecule is Cc1cc(C(C)(C)C)c(O)c([Si](C)(C)C2C=Cc3ccccc32)c1. The van der Waals surface area contributed by atoms with E-state index in [-0.39, 0.29) is 5.41 Å². The van der Waals surface area contributed by atoms with Gasteiger partial charge >= 0.3 is 0 Å². The molecule has 0 aromatic heterocycles. The minimum absolute atomic E-state index is 0.0568.